The Morgan fingerprint density at radius 2 is 2.00 bits per heavy atom. The van der Waals surface area contributed by atoms with E-state index in [0.29, 0.717) is 28.7 Å². The van der Waals surface area contributed by atoms with E-state index in [0.717, 1.165) is 34.1 Å². The van der Waals surface area contributed by atoms with Crippen molar-refractivity contribution in [2.24, 2.45) is 0 Å². The van der Waals surface area contributed by atoms with Crippen LogP contribution in [0.5, 0.6) is 5.75 Å². The number of para-hydroxylation sites is 2. The molecule has 2 aromatic carbocycles. The summed E-state index contributed by atoms with van der Waals surface area (Å²) in [5.41, 5.74) is 3.85. The zero-order valence-electron chi connectivity index (χ0n) is 18.4. The average Bonchev–Trinajstić information content (AvgIpc) is 3.44. The van der Waals surface area contributed by atoms with Gasteiger partial charge >= 0.3 is 5.97 Å². The van der Waals surface area contributed by atoms with Gasteiger partial charge in [-0.3, -0.25) is 0 Å². The molecule has 7 nitrogen and oxygen atoms in total. The topological polar surface area (TPSA) is 89.3 Å². The molecule has 0 saturated heterocycles. The van der Waals surface area contributed by atoms with Crippen molar-refractivity contribution in [3.63, 3.8) is 0 Å². The lowest BCUT2D eigenvalue weighted by Crippen LogP contribution is -2.08. The number of anilines is 2. The van der Waals surface area contributed by atoms with E-state index in [1.165, 1.54) is 17.4 Å². The zero-order valence-corrected chi connectivity index (χ0v) is 20.0. The summed E-state index contributed by atoms with van der Waals surface area (Å²) in [4.78, 5) is 16.7. The van der Waals surface area contributed by atoms with Crippen LogP contribution in [0.3, 0.4) is 0 Å². The van der Waals surface area contributed by atoms with E-state index in [2.05, 4.69) is 12.2 Å². The number of halogens is 1. The fourth-order valence-electron chi connectivity index (χ4n) is 3.54. The summed E-state index contributed by atoms with van der Waals surface area (Å²) in [6.45, 7) is 4.09. The number of nitrogens with zero attached hydrogens (tertiary/aromatic N) is 3. The lowest BCUT2D eigenvalue weighted by molar-refractivity contribution is 0.0698. The second-order valence-corrected chi connectivity index (χ2v) is 8.52. The molecule has 33 heavy (non-hydrogen) atoms. The highest BCUT2D eigenvalue weighted by molar-refractivity contribution is 7.13. The Balaban J connectivity index is 1.99. The van der Waals surface area contributed by atoms with Crippen molar-refractivity contribution < 1.29 is 14.6 Å². The molecule has 4 aromatic rings. The number of carboxylic acid groups (broad SMARTS) is 1. The van der Waals surface area contributed by atoms with E-state index in [-0.39, 0.29) is 5.56 Å². The predicted octanol–water partition coefficient (Wildman–Crippen LogP) is 6.22. The molecule has 170 valence electrons. The van der Waals surface area contributed by atoms with E-state index < -0.39 is 5.97 Å². The van der Waals surface area contributed by atoms with E-state index in [1.807, 2.05) is 36.6 Å². The molecule has 0 atom stereocenters. The number of hydrogen-bond donors (Lipinski definition) is 2. The summed E-state index contributed by atoms with van der Waals surface area (Å²) >= 11 is 7.61. The smallest absolute Gasteiger partial charge is 0.337 e. The highest BCUT2D eigenvalue weighted by Crippen LogP contribution is 2.40. The first-order valence-electron chi connectivity index (χ1n) is 10.5. The predicted molar refractivity (Wildman–Crippen MR) is 132 cm³/mol. The highest BCUT2D eigenvalue weighted by Gasteiger charge is 2.25. The number of aromatic carboxylic acids is 1. The van der Waals surface area contributed by atoms with Crippen LogP contribution < -0.4 is 10.1 Å². The Labute approximate surface area is 200 Å². The molecule has 2 N–H and O–H groups in total. The Bertz CT molecular complexity index is 1320. The molecule has 0 aliphatic heterocycles. The normalized spacial score (nSPS) is 10.9. The van der Waals surface area contributed by atoms with Crippen LogP contribution in [0.1, 0.15) is 35.6 Å². The second-order valence-electron chi connectivity index (χ2n) is 7.23. The van der Waals surface area contributed by atoms with E-state index >= 15 is 0 Å². The molecule has 0 fully saturated rings. The molecular formula is C24H23ClN4O3S. The van der Waals surface area contributed by atoms with Crippen molar-refractivity contribution in [3.8, 4) is 22.0 Å². The lowest BCUT2D eigenvalue weighted by Gasteiger charge is -2.15. The van der Waals surface area contributed by atoms with Crippen LogP contribution in [-0.2, 0) is 12.8 Å². The maximum absolute atomic E-state index is 11.9. The number of ether oxygens (including phenoxy) is 1. The molecule has 0 spiro atoms. The van der Waals surface area contributed by atoms with Crippen LogP contribution in [0.15, 0.2) is 47.8 Å². The third-order valence-corrected chi connectivity index (χ3v) is 6.34. The molecule has 0 radical (unpaired) electrons. The van der Waals surface area contributed by atoms with Gasteiger partial charge in [0.1, 0.15) is 22.3 Å². The summed E-state index contributed by atoms with van der Waals surface area (Å²) in [6, 6.07) is 12.3. The van der Waals surface area contributed by atoms with Gasteiger partial charge in [0.05, 0.1) is 35.3 Å². The maximum atomic E-state index is 11.9. The van der Waals surface area contributed by atoms with Gasteiger partial charge in [0.15, 0.2) is 0 Å². The Hall–Kier alpha value is -3.36. The average molecular weight is 483 g/mol. The number of rotatable bonds is 8. The number of aromatic nitrogens is 3. The first-order chi connectivity index (χ1) is 16.0. The van der Waals surface area contributed by atoms with Crippen LogP contribution in [0.2, 0.25) is 5.02 Å². The van der Waals surface area contributed by atoms with E-state index in [9.17, 15) is 9.90 Å². The third-order valence-electron chi connectivity index (χ3n) is 5.20. The largest absolute Gasteiger partial charge is 0.494 e. The summed E-state index contributed by atoms with van der Waals surface area (Å²) in [5, 5.41) is 21.1. The number of methoxy groups -OCH3 is 1. The van der Waals surface area contributed by atoms with Gasteiger partial charge in [0, 0.05) is 10.4 Å². The Morgan fingerprint density at radius 1 is 1.21 bits per heavy atom. The van der Waals surface area contributed by atoms with Gasteiger partial charge in [-0.2, -0.15) is 5.10 Å². The summed E-state index contributed by atoms with van der Waals surface area (Å²) < 4.78 is 7.33. The van der Waals surface area contributed by atoms with Crippen LogP contribution in [0.4, 0.5) is 11.5 Å². The number of carboxylic acids is 1. The minimum atomic E-state index is -1.08. The first kappa shape index (κ1) is 22.8. The standard InChI is InChI=1S/C24H23ClN4O3S/c1-4-15-13-33-23(26-15)21-17(5-2)28-29(19-8-6-7-9-20(19)32-3)22(21)27-18-11-10-14(25)12-16(18)24(30)31/h6-13,27H,4-5H2,1-3H3,(H,30,31). The van der Waals surface area contributed by atoms with Crippen LogP contribution in [0.25, 0.3) is 16.3 Å². The molecule has 2 heterocycles. The molecule has 9 heteroatoms. The lowest BCUT2D eigenvalue weighted by atomic mass is 10.1. The zero-order chi connectivity index (χ0) is 23.5. The number of nitrogens with one attached hydrogen (secondary N) is 1. The fraction of sp³-hybridized carbons (Fsp3) is 0.208. The fourth-order valence-corrected chi connectivity index (χ4v) is 4.69. The van der Waals surface area contributed by atoms with Crippen LogP contribution in [-0.4, -0.2) is 33.0 Å². The monoisotopic (exact) mass is 482 g/mol. The van der Waals surface area contributed by atoms with Crippen LogP contribution >= 0.6 is 22.9 Å². The quantitative estimate of drug-likeness (QED) is 0.309. The molecule has 0 aliphatic rings. The molecular weight excluding hydrogens is 460 g/mol. The Kier molecular flexibility index (Phi) is 6.67. The SMILES string of the molecule is CCc1csc(-c2c(CC)nn(-c3ccccc3OC)c2Nc2ccc(Cl)cc2C(=O)O)n1. The van der Waals surface area contributed by atoms with Gasteiger partial charge in [0.25, 0.3) is 0 Å². The number of aryl methyl sites for hydroxylation is 2. The molecule has 0 saturated carbocycles. The van der Waals surface area contributed by atoms with Gasteiger partial charge in [-0.15, -0.1) is 11.3 Å². The van der Waals surface area contributed by atoms with Gasteiger partial charge in [-0.25, -0.2) is 14.5 Å². The van der Waals surface area contributed by atoms with Gasteiger partial charge < -0.3 is 15.2 Å². The van der Waals surface area contributed by atoms with Crippen molar-refractivity contribution in [2.45, 2.75) is 26.7 Å². The Morgan fingerprint density at radius 3 is 2.67 bits per heavy atom. The number of benzene rings is 2. The molecule has 0 amide bonds. The van der Waals surface area contributed by atoms with Crippen molar-refractivity contribution in [2.75, 3.05) is 12.4 Å². The summed E-state index contributed by atoms with van der Waals surface area (Å²) in [6.07, 6.45) is 1.49. The van der Waals surface area contributed by atoms with Crippen molar-refractivity contribution in [1.29, 1.82) is 0 Å². The van der Waals surface area contributed by atoms with E-state index in [4.69, 9.17) is 26.4 Å². The second kappa shape index (κ2) is 9.64. The summed E-state index contributed by atoms with van der Waals surface area (Å²) in [7, 11) is 1.60. The summed E-state index contributed by atoms with van der Waals surface area (Å²) in [5.74, 6) is 0.168. The number of hydrogen-bond acceptors (Lipinski definition) is 6. The number of thiazole rings is 1. The minimum Gasteiger partial charge on any atom is -0.494 e. The third kappa shape index (κ3) is 4.44. The number of carbonyl (C=O) groups is 1. The van der Waals surface area contributed by atoms with E-state index in [1.54, 1.807) is 23.9 Å². The molecule has 0 bridgehead atoms. The maximum Gasteiger partial charge on any atom is 0.337 e. The molecule has 0 unspecified atom stereocenters. The van der Waals surface area contributed by atoms with Crippen molar-refractivity contribution in [3.05, 3.63) is 69.8 Å². The molecule has 0 aliphatic carbocycles. The van der Waals surface area contributed by atoms with Crippen molar-refractivity contribution >= 4 is 40.4 Å². The van der Waals surface area contributed by atoms with Gasteiger partial charge in [-0.05, 0) is 43.2 Å². The minimum absolute atomic E-state index is 0.0626. The molecule has 4 rings (SSSR count). The van der Waals surface area contributed by atoms with Crippen molar-refractivity contribution in [1.82, 2.24) is 14.8 Å². The van der Waals surface area contributed by atoms with Gasteiger partial charge in [-0.1, -0.05) is 37.6 Å². The first-order valence-corrected chi connectivity index (χ1v) is 11.7. The van der Waals surface area contributed by atoms with Crippen LogP contribution in [0, 0.1) is 0 Å². The molecule has 2 aromatic heterocycles. The van der Waals surface area contributed by atoms with Gasteiger partial charge in [0.2, 0.25) is 0 Å². The highest BCUT2D eigenvalue weighted by atomic mass is 35.5.